The van der Waals surface area contributed by atoms with E-state index in [1.807, 2.05) is 19.2 Å². The van der Waals surface area contributed by atoms with Gasteiger partial charge in [0.2, 0.25) is 11.0 Å². The normalized spacial score (nSPS) is 16.8. The second-order valence-corrected chi connectivity index (χ2v) is 8.45. The van der Waals surface area contributed by atoms with Crippen molar-refractivity contribution < 1.29 is 23.8 Å². The molecule has 34 heavy (non-hydrogen) atoms. The lowest BCUT2D eigenvalue weighted by atomic mass is 10.2. The van der Waals surface area contributed by atoms with Crippen molar-refractivity contribution in [1.29, 1.82) is 0 Å². The SMILES string of the molecule is CSc1nc2nc(C)cc(OCC3CN(C(=O)[C@@H](C)OC(=O)Nc4ccccc4)CCO3)n2n1. The molecular formula is C22H26N6O5S. The lowest BCUT2D eigenvalue weighted by molar-refractivity contribution is -0.147. The number of carbonyl (C=O) groups is 2. The molecule has 1 unspecified atom stereocenters. The smallest absolute Gasteiger partial charge is 0.412 e. The predicted octanol–water partition coefficient (Wildman–Crippen LogP) is 2.40. The summed E-state index contributed by atoms with van der Waals surface area (Å²) in [5, 5.41) is 7.58. The number of ether oxygens (including phenoxy) is 3. The number of fused-ring (bicyclic) bond motifs is 1. The van der Waals surface area contributed by atoms with E-state index >= 15 is 0 Å². The number of thioether (sulfide) groups is 1. The largest absolute Gasteiger partial charge is 0.475 e. The molecule has 2 amide bonds. The van der Waals surface area contributed by atoms with Crippen molar-refractivity contribution in [3.63, 3.8) is 0 Å². The third kappa shape index (κ3) is 5.75. The van der Waals surface area contributed by atoms with E-state index in [2.05, 4.69) is 20.4 Å². The Morgan fingerprint density at radius 3 is 2.85 bits per heavy atom. The number of morpholine rings is 1. The van der Waals surface area contributed by atoms with Crippen LogP contribution >= 0.6 is 11.8 Å². The third-order valence-corrected chi connectivity index (χ3v) is 5.63. The molecule has 0 spiro atoms. The van der Waals surface area contributed by atoms with Crippen LogP contribution in [0.5, 0.6) is 5.88 Å². The Kier molecular flexibility index (Phi) is 7.48. The lowest BCUT2D eigenvalue weighted by Crippen LogP contribution is -2.51. The summed E-state index contributed by atoms with van der Waals surface area (Å²) in [7, 11) is 0. The number of rotatable bonds is 7. The van der Waals surface area contributed by atoms with Crippen LogP contribution in [-0.2, 0) is 14.3 Å². The number of hydrogen-bond acceptors (Lipinski definition) is 9. The van der Waals surface area contributed by atoms with Crippen LogP contribution in [0.3, 0.4) is 0 Å². The number of aromatic nitrogens is 4. The highest BCUT2D eigenvalue weighted by Crippen LogP contribution is 2.18. The number of amides is 2. The van der Waals surface area contributed by atoms with Crippen LogP contribution in [0.4, 0.5) is 10.5 Å². The van der Waals surface area contributed by atoms with E-state index in [-0.39, 0.29) is 18.6 Å². The number of benzene rings is 1. The van der Waals surface area contributed by atoms with E-state index < -0.39 is 12.2 Å². The number of carbonyl (C=O) groups excluding carboxylic acids is 2. The molecule has 11 nitrogen and oxygen atoms in total. The maximum Gasteiger partial charge on any atom is 0.412 e. The fourth-order valence-electron chi connectivity index (χ4n) is 3.46. The van der Waals surface area contributed by atoms with Gasteiger partial charge in [-0.25, -0.2) is 9.78 Å². The standard InChI is InChI=1S/C22H26N6O5S/c1-14-11-18(28-20(23-14)25-21(26-28)34-3)32-13-17-12-27(9-10-31-17)19(29)15(2)33-22(30)24-16-7-5-4-6-8-16/h4-8,11,15,17H,9-10,12-13H2,1-3H3,(H,24,30)/t15-,17?/m1/s1. The van der Waals surface area contributed by atoms with Crippen LogP contribution in [-0.4, -0.2) is 81.2 Å². The van der Waals surface area contributed by atoms with Crippen LogP contribution in [0.15, 0.2) is 41.6 Å². The van der Waals surface area contributed by atoms with Crippen LogP contribution in [0.25, 0.3) is 5.78 Å². The Morgan fingerprint density at radius 2 is 2.09 bits per heavy atom. The molecule has 1 aromatic carbocycles. The first-order valence-corrected chi connectivity index (χ1v) is 12.0. The highest BCUT2D eigenvalue weighted by molar-refractivity contribution is 7.98. The molecule has 0 radical (unpaired) electrons. The molecule has 0 saturated carbocycles. The molecule has 4 rings (SSSR count). The average molecular weight is 487 g/mol. The number of nitrogens with zero attached hydrogens (tertiary/aromatic N) is 5. The van der Waals surface area contributed by atoms with Gasteiger partial charge in [-0.1, -0.05) is 30.0 Å². The molecule has 3 heterocycles. The van der Waals surface area contributed by atoms with Gasteiger partial charge in [-0.3, -0.25) is 10.1 Å². The van der Waals surface area contributed by atoms with Gasteiger partial charge in [0.25, 0.3) is 11.7 Å². The maximum atomic E-state index is 12.9. The van der Waals surface area contributed by atoms with E-state index in [4.69, 9.17) is 14.2 Å². The summed E-state index contributed by atoms with van der Waals surface area (Å²) >= 11 is 1.42. The maximum absolute atomic E-state index is 12.9. The fourth-order valence-corrected chi connectivity index (χ4v) is 3.80. The first-order valence-electron chi connectivity index (χ1n) is 10.8. The molecule has 3 aromatic rings. The fraction of sp³-hybridized carbons (Fsp3) is 0.409. The van der Waals surface area contributed by atoms with Crippen molar-refractivity contribution in [3.8, 4) is 5.88 Å². The summed E-state index contributed by atoms with van der Waals surface area (Å²) in [6, 6.07) is 10.7. The summed E-state index contributed by atoms with van der Waals surface area (Å²) in [6.45, 7) is 4.69. The third-order valence-electron chi connectivity index (χ3n) is 5.09. The Morgan fingerprint density at radius 1 is 1.29 bits per heavy atom. The van der Waals surface area contributed by atoms with E-state index in [0.717, 1.165) is 5.69 Å². The number of anilines is 1. The minimum atomic E-state index is -0.939. The first-order chi connectivity index (χ1) is 16.4. The quantitative estimate of drug-likeness (QED) is 0.502. The number of para-hydroxylation sites is 1. The monoisotopic (exact) mass is 486 g/mol. The van der Waals surface area contributed by atoms with Gasteiger partial charge < -0.3 is 19.1 Å². The second-order valence-electron chi connectivity index (χ2n) is 7.67. The Hall–Kier alpha value is -3.38. The number of aryl methyl sites for hydroxylation is 1. The van der Waals surface area contributed by atoms with Crippen molar-refractivity contribution in [3.05, 3.63) is 42.1 Å². The molecule has 1 fully saturated rings. The molecule has 12 heteroatoms. The van der Waals surface area contributed by atoms with Crippen molar-refractivity contribution in [2.24, 2.45) is 0 Å². The van der Waals surface area contributed by atoms with Crippen LogP contribution in [0, 0.1) is 6.92 Å². The number of hydrogen-bond donors (Lipinski definition) is 1. The highest BCUT2D eigenvalue weighted by Gasteiger charge is 2.30. The summed E-state index contributed by atoms with van der Waals surface area (Å²) in [5.74, 6) is 0.664. The van der Waals surface area contributed by atoms with Gasteiger partial charge in [0.05, 0.1) is 13.2 Å². The molecule has 0 bridgehead atoms. The van der Waals surface area contributed by atoms with Crippen LogP contribution in [0.1, 0.15) is 12.6 Å². The van der Waals surface area contributed by atoms with E-state index in [9.17, 15) is 9.59 Å². The van der Waals surface area contributed by atoms with Crippen molar-refractivity contribution in [2.45, 2.75) is 31.2 Å². The topological polar surface area (TPSA) is 120 Å². The van der Waals surface area contributed by atoms with Gasteiger partial charge in [0, 0.05) is 24.0 Å². The predicted molar refractivity (Wildman–Crippen MR) is 125 cm³/mol. The van der Waals surface area contributed by atoms with Crippen molar-refractivity contribution in [2.75, 3.05) is 37.9 Å². The summed E-state index contributed by atoms with van der Waals surface area (Å²) < 4.78 is 18.6. The molecule has 2 aromatic heterocycles. The molecule has 0 aliphatic carbocycles. The summed E-state index contributed by atoms with van der Waals surface area (Å²) in [6.07, 6.45) is -0.0876. The number of nitrogens with one attached hydrogen (secondary N) is 1. The van der Waals surface area contributed by atoms with Crippen LogP contribution in [0.2, 0.25) is 0 Å². The zero-order valence-corrected chi connectivity index (χ0v) is 19.9. The molecule has 2 atom stereocenters. The summed E-state index contributed by atoms with van der Waals surface area (Å²) in [5.41, 5.74) is 1.34. The Balaban J connectivity index is 1.32. The minimum absolute atomic E-state index is 0.209. The molecule has 1 aliphatic rings. The summed E-state index contributed by atoms with van der Waals surface area (Å²) in [4.78, 5) is 35.3. The van der Waals surface area contributed by atoms with Crippen molar-refractivity contribution in [1.82, 2.24) is 24.5 Å². The van der Waals surface area contributed by atoms with E-state index in [1.165, 1.54) is 11.8 Å². The Labute approximate surface area is 200 Å². The molecule has 1 saturated heterocycles. The van der Waals surface area contributed by atoms with Gasteiger partial charge in [-0.15, -0.1) is 5.10 Å². The van der Waals surface area contributed by atoms with Gasteiger partial charge in [0.1, 0.15) is 12.7 Å². The average Bonchev–Trinajstić information content (AvgIpc) is 3.26. The van der Waals surface area contributed by atoms with Gasteiger partial charge >= 0.3 is 6.09 Å². The molecular weight excluding hydrogens is 460 g/mol. The van der Waals surface area contributed by atoms with E-state index in [0.29, 0.717) is 42.2 Å². The second kappa shape index (κ2) is 10.7. The first kappa shape index (κ1) is 23.8. The van der Waals surface area contributed by atoms with Gasteiger partial charge in [0.15, 0.2) is 6.10 Å². The molecule has 1 aliphatic heterocycles. The van der Waals surface area contributed by atoms with E-state index in [1.54, 1.807) is 46.7 Å². The van der Waals surface area contributed by atoms with Crippen LogP contribution < -0.4 is 10.1 Å². The zero-order chi connectivity index (χ0) is 24.1. The van der Waals surface area contributed by atoms with Gasteiger partial charge in [-0.2, -0.15) is 9.50 Å². The Bertz CT molecular complexity index is 1160. The lowest BCUT2D eigenvalue weighted by Gasteiger charge is -2.34. The minimum Gasteiger partial charge on any atom is -0.475 e. The molecule has 1 N–H and O–H groups in total. The highest BCUT2D eigenvalue weighted by atomic mass is 32.2. The van der Waals surface area contributed by atoms with Crippen molar-refractivity contribution >= 4 is 35.2 Å². The van der Waals surface area contributed by atoms with Gasteiger partial charge in [-0.05, 0) is 32.2 Å². The molecule has 180 valence electrons. The zero-order valence-electron chi connectivity index (χ0n) is 19.1.